The molecule has 2 saturated heterocycles. The van der Waals surface area contributed by atoms with Crippen molar-refractivity contribution in [2.45, 2.75) is 52.2 Å². The Kier molecular flexibility index (Phi) is 7.80. The first kappa shape index (κ1) is 22.7. The summed E-state index contributed by atoms with van der Waals surface area (Å²) in [4.78, 5) is 27.9. The second-order valence-corrected chi connectivity index (χ2v) is 8.77. The molecule has 2 aliphatic rings. The lowest BCUT2D eigenvalue weighted by molar-refractivity contribution is -0.385. The fourth-order valence-corrected chi connectivity index (χ4v) is 4.62. The van der Waals surface area contributed by atoms with Crippen LogP contribution in [0.3, 0.4) is 0 Å². The second kappa shape index (κ2) is 10.3. The van der Waals surface area contributed by atoms with E-state index in [1.807, 2.05) is 0 Å². The number of anilines is 1. The van der Waals surface area contributed by atoms with Crippen LogP contribution in [-0.4, -0.2) is 72.1 Å². The van der Waals surface area contributed by atoms with E-state index in [2.05, 4.69) is 29.0 Å². The summed E-state index contributed by atoms with van der Waals surface area (Å²) in [5.74, 6) is 0.608. The quantitative estimate of drug-likeness (QED) is 0.541. The number of nitro benzene ring substituents is 1. The van der Waals surface area contributed by atoms with Gasteiger partial charge in [0.15, 0.2) is 0 Å². The molecule has 0 saturated carbocycles. The first-order chi connectivity index (χ1) is 14.3. The van der Waals surface area contributed by atoms with E-state index in [0.717, 1.165) is 52.1 Å². The molecule has 30 heavy (non-hydrogen) atoms. The van der Waals surface area contributed by atoms with E-state index in [9.17, 15) is 14.9 Å². The van der Waals surface area contributed by atoms with E-state index < -0.39 is 4.92 Å². The van der Waals surface area contributed by atoms with Crippen molar-refractivity contribution in [2.75, 3.05) is 44.6 Å². The summed E-state index contributed by atoms with van der Waals surface area (Å²) in [5, 5.41) is 13.9. The minimum atomic E-state index is -0.423. The van der Waals surface area contributed by atoms with Crippen LogP contribution in [0.4, 0.5) is 11.4 Å². The molecule has 2 atom stereocenters. The number of benzene rings is 1. The van der Waals surface area contributed by atoms with Crippen LogP contribution in [0.2, 0.25) is 0 Å². The second-order valence-electron chi connectivity index (χ2n) is 8.77. The predicted molar refractivity (Wildman–Crippen MR) is 117 cm³/mol. The minimum absolute atomic E-state index is 0.0268. The first-order valence-electron chi connectivity index (χ1n) is 11.0. The molecule has 1 amide bonds. The summed E-state index contributed by atoms with van der Waals surface area (Å²) in [6.07, 6.45) is 3.33. The van der Waals surface area contributed by atoms with Crippen molar-refractivity contribution < 1.29 is 14.5 Å². The summed E-state index contributed by atoms with van der Waals surface area (Å²) in [5.41, 5.74) is 1.03. The molecule has 1 aromatic carbocycles. The summed E-state index contributed by atoms with van der Waals surface area (Å²) in [6.45, 7) is 11.9. The standard InChI is InChI=1S/C22H34N4O4/c1-16-13-25(14-17(2)30-16)15-19-7-10-24(11-8-19)12-9-22(27)23-20-5-4-6-21(18(20)3)26(28)29/h4-6,16-17,19H,7-15H2,1-3H3,(H,23,27). The number of nitrogens with zero attached hydrogens (tertiary/aromatic N) is 3. The van der Waals surface area contributed by atoms with E-state index in [0.29, 0.717) is 35.8 Å². The molecule has 2 heterocycles. The van der Waals surface area contributed by atoms with Gasteiger partial charge in [-0.1, -0.05) is 6.07 Å². The highest BCUT2D eigenvalue weighted by Crippen LogP contribution is 2.25. The highest BCUT2D eigenvalue weighted by Gasteiger charge is 2.26. The molecular formula is C22H34N4O4. The number of rotatable bonds is 7. The molecular weight excluding hydrogens is 384 g/mol. The van der Waals surface area contributed by atoms with E-state index in [-0.39, 0.29) is 11.6 Å². The van der Waals surface area contributed by atoms with Crippen LogP contribution in [0.1, 0.15) is 38.7 Å². The Hall–Kier alpha value is -2.03. The Morgan fingerprint density at radius 2 is 1.87 bits per heavy atom. The molecule has 0 spiro atoms. The van der Waals surface area contributed by atoms with E-state index >= 15 is 0 Å². The molecule has 166 valence electrons. The van der Waals surface area contributed by atoms with Gasteiger partial charge in [-0.25, -0.2) is 0 Å². The molecule has 1 N–H and O–H groups in total. The lowest BCUT2D eigenvalue weighted by atomic mass is 9.95. The smallest absolute Gasteiger partial charge is 0.274 e. The van der Waals surface area contributed by atoms with Crippen LogP contribution in [0.5, 0.6) is 0 Å². The zero-order valence-electron chi connectivity index (χ0n) is 18.3. The molecule has 2 aliphatic heterocycles. The predicted octanol–water partition coefficient (Wildman–Crippen LogP) is 3.05. The van der Waals surface area contributed by atoms with E-state index in [1.165, 1.54) is 6.07 Å². The lowest BCUT2D eigenvalue weighted by Gasteiger charge is -2.39. The minimum Gasteiger partial charge on any atom is -0.373 e. The average molecular weight is 419 g/mol. The molecule has 2 unspecified atom stereocenters. The number of carbonyl (C=O) groups excluding carboxylic acids is 1. The van der Waals surface area contributed by atoms with Gasteiger partial charge in [-0.2, -0.15) is 0 Å². The Balaban J connectivity index is 1.39. The lowest BCUT2D eigenvalue weighted by Crippen LogP contribution is -2.48. The van der Waals surface area contributed by atoms with Crippen molar-refractivity contribution in [1.29, 1.82) is 0 Å². The molecule has 0 bridgehead atoms. The van der Waals surface area contributed by atoms with Crippen LogP contribution in [0.25, 0.3) is 0 Å². The van der Waals surface area contributed by atoms with Gasteiger partial charge >= 0.3 is 0 Å². The average Bonchev–Trinajstić information content (AvgIpc) is 2.68. The van der Waals surface area contributed by atoms with Crippen LogP contribution < -0.4 is 5.32 Å². The molecule has 3 rings (SSSR count). The molecule has 0 radical (unpaired) electrons. The first-order valence-corrected chi connectivity index (χ1v) is 11.0. The van der Waals surface area contributed by atoms with Gasteiger partial charge in [0, 0.05) is 38.7 Å². The molecule has 2 fully saturated rings. The molecule has 8 nitrogen and oxygen atoms in total. The van der Waals surface area contributed by atoms with Crippen LogP contribution in [0.15, 0.2) is 18.2 Å². The van der Waals surface area contributed by atoms with Crippen molar-refractivity contribution in [3.8, 4) is 0 Å². The fraction of sp³-hybridized carbons (Fsp3) is 0.682. The number of nitro groups is 1. The van der Waals surface area contributed by atoms with Gasteiger partial charge in [0.25, 0.3) is 5.69 Å². The van der Waals surface area contributed by atoms with Gasteiger partial charge in [0.05, 0.1) is 28.4 Å². The van der Waals surface area contributed by atoms with Crippen molar-refractivity contribution in [1.82, 2.24) is 9.80 Å². The molecule has 0 aromatic heterocycles. The number of nitrogens with one attached hydrogen (secondary N) is 1. The van der Waals surface area contributed by atoms with Crippen LogP contribution in [-0.2, 0) is 9.53 Å². The van der Waals surface area contributed by atoms with Crippen LogP contribution in [0, 0.1) is 23.0 Å². The SMILES string of the molecule is Cc1c(NC(=O)CCN2CCC(CN3CC(C)OC(C)C3)CC2)cccc1[N+](=O)[O-]. The maximum Gasteiger partial charge on any atom is 0.274 e. The van der Waals surface area contributed by atoms with Crippen molar-refractivity contribution in [3.63, 3.8) is 0 Å². The number of morpholine rings is 1. The van der Waals surface area contributed by atoms with Gasteiger partial charge < -0.3 is 15.0 Å². The Bertz CT molecular complexity index is 739. The maximum atomic E-state index is 12.4. The van der Waals surface area contributed by atoms with Gasteiger partial charge in [0.1, 0.15) is 0 Å². The highest BCUT2D eigenvalue weighted by atomic mass is 16.6. The number of carbonyl (C=O) groups is 1. The zero-order valence-corrected chi connectivity index (χ0v) is 18.3. The summed E-state index contributed by atoms with van der Waals surface area (Å²) in [6, 6.07) is 4.76. The monoisotopic (exact) mass is 418 g/mol. The zero-order chi connectivity index (χ0) is 21.7. The topological polar surface area (TPSA) is 88.0 Å². The third-order valence-corrected chi connectivity index (χ3v) is 6.15. The Morgan fingerprint density at radius 1 is 1.20 bits per heavy atom. The van der Waals surface area contributed by atoms with Gasteiger partial charge in [0.2, 0.25) is 5.91 Å². The summed E-state index contributed by atoms with van der Waals surface area (Å²) < 4.78 is 5.82. The Labute approximate surface area is 178 Å². The molecule has 0 aliphatic carbocycles. The summed E-state index contributed by atoms with van der Waals surface area (Å²) in [7, 11) is 0. The highest BCUT2D eigenvalue weighted by molar-refractivity contribution is 5.92. The molecule has 8 heteroatoms. The maximum absolute atomic E-state index is 12.4. The molecule has 1 aromatic rings. The third kappa shape index (κ3) is 6.23. The van der Waals surface area contributed by atoms with Crippen molar-refractivity contribution in [2.24, 2.45) is 5.92 Å². The van der Waals surface area contributed by atoms with E-state index in [4.69, 9.17) is 4.74 Å². The number of hydrogen-bond donors (Lipinski definition) is 1. The normalized spacial score (nSPS) is 24.0. The van der Waals surface area contributed by atoms with Crippen molar-refractivity contribution in [3.05, 3.63) is 33.9 Å². The van der Waals surface area contributed by atoms with Gasteiger partial charge in [-0.15, -0.1) is 0 Å². The summed E-state index contributed by atoms with van der Waals surface area (Å²) >= 11 is 0. The number of piperidine rings is 1. The Morgan fingerprint density at radius 3 is 2.50 bits per heavy atom. The number of ether oxygens (including phenoxy) is 1. The number of amides is 1. The number of hydrogen-bond acceptors (Lipinski definition) is 6. The van der Waals surface area contributed by atoms with Crippen molar-refractivity contribution >= 4 is 17.3 Å². The van der Waals surface area contributed by atoms with Crippen LogP contribution >= 0.6 is 0 Å². The number of likely N-dealkylation sites (tertiary alicyclic amines) is 1. The fourth-order valence-electron chi connectivity index (χ4n) is 4.62. The third-order valence-electron chi connectivity index (χ3n) is 6.15. The van der Waals surface area contributed by atoms with Gasteiger partial charge in [-0.3, -0.25) is 19.8 Å². The largest absolute Gasteiger partial charge is 0.373 e. The van der Waals surface area contributed by atoms with Gasteiger partial charge in [-0.05, 0) is 58.7 Å². The van der Waals surface area contributed by atoms with E-state index in [1.54, 1.807) is 19.1 Å².